The second-order valence-corrected chi connectivity index (χ2v) is 6.81. The van der Waals surface area contributed by atoms with Crippen LogP contribution in [0.1, 0.15) is 46.5 Å². The highest BCUT2D eigenvalue weighted by molar-refractivity contribution is 7.85. The zero-order valence-corrected chi connectivity index (χ0v) is 10.4. The fourth-order valence-electron chi connectivity index (χ4n) is 2.10. The van der Waals surface area contributed by atoms with Gasteiger partial charge in [0.15, 0.2) is 0 Å². The summed E-state index contributed by atoms with van der Waals surface area (Å²) in [5.74, 6) is 0.838. The molecule has 0 spiro atoms. The van der Waals surface area contributed by atoms with Crippen LogP contribution in [-0.2, 0) is 10.8 Å². The lowest BCUT2D eigenvalue weighted by Crippen LogP contribution is -2.42. The maximum Gasteiger partial charge on any atom is 0.0504 e. The van der Waals surface area contributed by atoms with Gasteiger partial charge in [-0.1, -0.05) is 27.2 Å². The van der Waals surface area contributed by atoms with E-state index in [1.165, 1.54) is 0 Å². The molecule has 84 valence electrons. The highest BCUT2D eigenvalue weighted by atomic mass is 32.2. The van der Waals surface area contributed by atoms with Gasteiger partial charge in [-0.2, -0.15) is 0 Å². The van der Waals surface area contributed by atoms with E-state index in [9.17, 15) is 4.21 Å². The van der Waals surface area contributed by atoms with Crippen LogP contribution in [0.2, 0.25) is 0 Å². The molecule has 1 aliphatic rings. The molecule has 3 heteroatoms. The first-order valence-electron chi connectivity index (χ1n) is 5.62. The highest BCUT2D eigenvalue weighted by Gasteiger charge is 2.41. The molecular formula is C11H23NOS. The summed E-state index contributed by atoms with van der Waals surface area (Å²) in [6.07, 6.45) is 4.36. The van der Waals surface area contributed by atoms with Crippen molar-refractivity contribution in [2.75, 3.05) is 5.75 Å². The minimum absolute atomic E-state index is 0.125. The average molecular weight is 217 g/mol. The van der Waals surface area contributed by atoms with Crippen molar-refractivity contribution < 1.29 is 4.21 Å². The van der Waals surface area contributed by atoms with Gasteiger partial charge in [0.05, 0.1) is 5.25 Å². The van der Waals surface area contributed by atoms with Crippen molar-refractivity contribution in [3.05, 3.63) is 0 Å². The average Bonchev–Trinajstić information content (AvgIpc) is 2.39. The van der Waals surface area contributed by atoms with E-state index < -0.39 is 10.8 Å². The summed E-state index contributed by atoms with van der Waals surface area (Å²) in [5, 5.41) is 0.247. The molecule has 0 radical (unpaired) electrons. The molecule has 1 rings (SSSR count). The van der Waals surface area contributed by atoms with Gasteiger partial charge in [0.25, 0.3) is 0 Å². The maximum absolute atomic E-state index is 11.9. The Hall–Kier alpha value is 0.110. The Morgan fingerprint density at radius 1 is 1.50 bits per heavy atom. The first-order valence-corrected chi connectivity index (χ1v) is 7.00. The van der Waals surface area contributed by atoms with Crippen molar-refractivity contribution >= 4 is 10.8 Å². The molecule has 0 bridgehead atoms. The Morgan fingerprint density at radius 3 is 2.57 bits per heavy atom. The van der Waals surface area contributed by atoms with Gasteiger partial charge in [0.2, 0.25) is 0 Å². The molecule has 0 amide bonds. The van der Waals surface area contributed by atoms with E-state index in [-0.39, 0.29) is 16.7 Å². The van der Waals surface area contributed by atoms with Gasteiger partial charge < -0.3 is 5.73 Å². The number of nitrogens with two attached hydrogens (primary N) is 1. The third kappa shape index (κ3) is 2.57. The van der Waals surface area contributed by atoms with E-state index in [1.54, 1.807) is 0 Å². The monoisotopic (exact) mass is 217 g/mol. The zero-order valence-electron chi connectivity index (χ0n) is 9.58. The summed E-state index contributed by atoms with van der Waals surface area (Å²) < 4.78 is 11.9. The van der Waals surface area contributed by atoms with Crippen LogP contribution in [0.3, 0.4) is 0 Å². The molecule has 14 heavy (non-hydrogen) atoms. The van der Waals surface area contributed by atoms with Crippen molar-refractivity contribution in [3.63, 3.8) is 0 Å². The molecule has 3 atom stereocenters. The van der Waals surface area contributed by atoms with Gasteiger partial charge in [0.1, 0.15) is 0 Å². The second kappa shape index (κ2) is 4.75. The smallest absolute Gasteiger partial charge is 0.0504 e. The van der Waals surface area contributed by atoms with Gasteiger partial charge in [-0.3, -0.25) is 4.21 Å². The van der Waals surface area contributed by atoms with Crippen LogP contribution in [-0.4, -0.2) is 21.3 Å². The van der Waals surface area contributed by atoms with E-state index in [0.717, 1.165) is 31.4 Å². The standard InChI is InChI=1S/C11H23NOS/c1-4-5-8-14(13)9-6-7-11(2,3)10(9)12/h9-10H,4-8,12H2,1-3H3. The highest BCUT2D eigenvalue weighted by Crippen LogP contribution is 2.38. The van der Waals surface area contributed by atoms with E-state index in [2.05, 4.69) is 20.8 Å². The van der Waals surface area contributed by atoms with E-state index in [0.29, 0.717) is 0 Å². The largest absolute Gasteiger partial charge is 0.326 e. The van der Waals surface area contributed by atoms with Crippen LogP contribution < -0.4 is 5.73 Å². The molecule has 0 aromatic rings. The van der Waals surface area contributed by atoms with Crippen LogP contribution in [0.25, 0.3) is 0 Å². The summed E-state index contributed by atoms with van der Waals surface area (Å²) in [7, 11) is -0.697. The topological polar surface area (TPSA) is 43.1 Å². The van der Waals surface area contributed by atoms with E-state index in [4.69, 9.17) is 5.73 Å². The molecule has 1 saturated carbocycles. The molecule has 3 unspecified atom stereocenters. The Morgan fingerprint density at radius 2 is 2.14 bits per heavy atom. The first kappa shape index (κ1) is 12.2. The second-order valence-electron chi connectivity index (χ2n) is 5.03. The van der Waals surface area contributed by atoms with Crippen LogP contribution in [0, 0.1) is 5.41 Å². The summed E-state index contributed by atoms with van der Waals surface area (Å²) in [5.41, 5.74) is 6.32. The van der Waals surface area contributed by atoms with Crippen molar-refractivity contribution in [1.29, 1.82) is 0 Å². The van der Waals surface area contributed by atoms with Crippen molar-refractivity contribution in [2.45, 2.75) is 57.7 Å². The number of hydrogen-bond donors (Lipinski definition) is 1. The zero-order chi connectivity index (χ0) is 10.8. The number of hydrogen-bond acceptors (Lipinski definition) is 2. The predicted molar refractivity (Wildman–Crippen MR) is 62.7 cm³/mol. The number of rotatable bonds is 4. The summed E-state index contributed by atoms with van der Waals surface area (Å²) in [6.45, 7) is 6.51. The minimum atomic E-state index is -0.697. The Labute approximate surface area is 90.1 Å². The molecule has 0 aliphatic heterocycles. The van der Waals surface area contributed by atoms with E-state index in [1.807, 2.05) is 0 Å². The minimum Gasteiger partial charge on any atom is -0.326 e. The Bertz CT molecular complexity index is 215. The molecule has 0 aromatic heterocycles. The lowest BCUT2D eigenvalue weighted by atomic mass is 9.88. The third-order valence-corrected chi connectivity index (χ3v) is 5.31. The van der Waals surface area contributed by atoms with Gasteiger partial charge in [-0.15, -0.1) is 0 Å². The summed E-state index contributed by atoms with van der Waals surface area (Å²) in [6, 6.07) is 0.125. The first-order chi connectivity index (χ1) is 6.49. The number of unbranched alkanes of at least 4 members (excludes halogenated alkanes) is 1. The molecule has 0 aromatic carbocycles. The van der Waals surface area contributed by atoms with Crippen LogP contribution in [0.5, 0.6) is 0 Å². The molecule has 2 nitrogen and oxygen atoms in total. The predicted octanol–water partition coefficient (Wildman–Crippen LogP) is 2.05. The third-order valence-electron chi connectivity index (χ3n) is 3.41. The van der Waals surface area contributed by atoms with Gasteiger partial charge >= 0.3 is 0 Å². The van der Waals surface area contributed by atoms with Crippen LogP contribution in [0.4, 0.5) is 0 Å². The van der Waals surface area contributed by atoms with Crippen molar-refractivity contribution in [2.24, 2.45) is 11.1 Å². The molecule has 1 fully saturated rings. The van der Waals surface area contributed by atoms with Crippen molar-refractivity contribution in [1.82, 2.24) is 0 Å². The van der Waals surface area contributed by atoms with Gasteiger partial charge in [0, 0.05) is 22.6 Å². The fraction of sp³-hybridized carbons (Fsp3) is 1.00. The SMILES string of the molecule is CCCCS(=O)C1CCC(C)(C)C1N. The normalized spacial score (nSPS) is 33.1. The quantitative estimate of drug-likeness (QED) is 0.783. The van der Waals surface area contributed by atoms with Gasteiger partial charge in [-0.05, 0) is 24.7 Å². The molecule has 0 heterocycles. The van der Waals surface area contributed by atoms with Crippen molar-refractivity contribution in [3.8, 4) is 0 Å². The van der Waals surface area contributed by atoms with Crippen LogP contribution in [0.15, 0.2) is 0 Å². The Balaban J connectivity index is 2.50. The lowest BCUT2D eigenvalue weighted by molar-refractivity contribution is 0.333. The van der Waals surface area contributed by atoms with Gasteiger partial charge in [-0.25, -0.2) is 0 Å². The Kier molecular flexibility index (Phi) is 4.14. The summed E-state index contributed by atoms with van der Waals surface area (Å²) >= 11 is 0. The molecular weight excluding hydrogens is 194 g/mol. The summed E-state index contributed by atoms with van der Waals surface area (Å²) in [4.78, 5) is 0. The van der Waals surface area contributed by atoms with E-state index >= 15 is 0 Å². The molecule has 0 saturated heterocycles. The molecule has 2 N–H and O–H groups in total. The van der Waals surface area contributed by atoms with Crippen LogP contribution >= 0.6 is 0 Å². The lowest BCUT2D eigenvalue weighted by Gasteiger charge is -2.26. The maximum atomic E-state index is 11.9. The molecule has 1 aliphatic carbocycles. The fourth-order valence-corrected chi connectivity index (χ4v) is 4.05.